The predicted octanol–water partition coefficient (Wildman–Crippen LogP) is 2.07. The van der Waals surface area contributed by atoms with Gasteiger partial charge in [-0.3, -0.25) is 4.79 Å². The summed E-state index contributed by atoms with van der Waals surface area (Å²) < 4.78 is 5.62. The number of likely N-dealkylation sites (tertiary alicyclic amines) is 1. The van der Waals surface area contributed by atoms with E-state index < -0.39 is 6.10 Å². The number of aliphatic hydroxyl groups excluding tert-OH is 1. The van der Waals surface area contributed by atoms with Gasteiger partial charge in [0.2, 0.25) is 5.91 Å². The quantitative estimate of drug-likeness (QED) is 0.467. The maximum atomic E-state index is 12.3. The second-order valence-corrected chi connectivity index (χ2v) is 7.27. The number of nitrogens with one attached hydrogen (secondary N) is 2. The highest BCUT2D eigenvalue weighted by Gasteiger charge is 2.16. The van der Waals surface area contributed by atoms with Crippen LogP contribution in [0.15, 0.2) is 29.3 Å². The van der Waals surface area contributed by atoms with Crippen LogP contribution in [0.2, 0.25) is 0 Å². The maximum absolute atomic E-state index is 12.3. The van der Waals surface area contributed by atoms with Crippen molar-refractivity contribution in [1.29, 1.82) is 0 Å². The number of guanidine groups is 1. The Kier molecular flexibility index (Phi) is 9.07. The van der Waals surface area contributed by atoms with Crippen molar-refractivity contribution in [3.8, 4) is 5.75 Å². The number of hydrogen-bond donors (Lipinski definition) is 3. The fraction of sp³-hybridized carbons (Fsp3) is 0.619. The zero-order chi connectivity index (χ0) is 20.4. The summed E-state index contributed by atoms with van der Waals surface area (Å²) in [4.78, 5) is 18.5. The third-order valence-electron chi connectivity index (χ3n) is 4.52. The SMILES string of the molecule is CCNC(=NCC(=O)N1CCCCC1)NCC(O)c1ccc(OC(C)C)cc1. The Morgan fingerprint density at radius 3 is 2.46 bits per heavy atom. The number of carbonyl (C=O) groups is 1. The number of aliphatic hydroxyl groups is 1. The summed E-state index contributed by atoms with van der Waals surface area (Å²) in [6, 6.07) is 7.42. The van der Waals surface area contributed by atoms with Crippen LogP contribution < -0.4 is 15.4 Å². The Hall–Kier alpha value is -2.28. The number of hydrogen-bond acceptors (Lipinski definition) is 4. The first kappa shape index (κ1) is 22.0. The topological polar surface area (TPSA) is 86.2 Å². The summed E-state index contributed by atoms with van der Waals surface area (Å²) in [5, 5.41) is 16.7. The lowest BCUT2D eigenvalue weighted by Gasteiger charge is -2.26. The molecule has 7 heteroatoms. The van der Waals surface area contributed by atoms with Crippen molar-refractivity contribution in [3.05, 3.63) is 29.8 Å². The van der Waals surface area contributed by atoms with Gasteiger partial charge in [0.25, 0.3) is 0 Å². The lowest BCUT2D eigenvalue weighted by atomic mass is 10.1. The van der Waals surface area contributed by atoms with Crippen LogP contribution in [0.25, 0.3) is 0 Å². The molecule has 1 atom stereocenters. The van der Waals surface area contributed by atoms with Crippen LogP contribution >= 0.6 is 0 Å². The lowest BCUT2D eigenvalue weighted by molar-refractivity contribution is -0.130. The van der Waals surface area contributed by atoms with Crippen LogP contribution in [0.4, 0.5) is 0 Å². The first-order chi connectivity index (χ1) is 13.5. The minimum Gasteiger partial charge on any atom is -0.491 e. The maximum Gasteiger partial charge on any atom is 0.244 e. The number of amides is 1. The Balaban J connectivity index is 1.86. The molecule has 1 aliphatic heterocycles. The fourth-order valence-corrected chi connectivity index (χ4v) is 3.08. The van der Waals surface area contributed by atoms with E-state index in [9.17, 15) is 9.90 Å². The molecule has 1 unspecified atom stereocenters. The molecule has 28 heavy (non-hydrogen) atoms. The number of aliphatic imine (C=N–C) groups is 1. The first-order valence-corrected chi connectivity index (χ1v) is 10.2. The van der Waals surface area contributed by atoms with E-state index in [1.54, 1.807) is 0 Å². The standard InChI is InChI=1S/C21H34N4O3/c1-4-22-21(24-15-20(27)25-12-6-5-7-13-25)23-14-19(26)17-8-10-18(11-9-17)28-16(2)3/h8-11,16,19,26H,4-7,12-15H2,1-3H3,(H2,22,23,24). The van der Waals surface area contributed by atoms with Gasteiger partial charge in [-0.15, -0.1) is 0 Å². The summed E-state index contributed by atoms with van der Waals surface area (Å²) in [6.07, 6.45) is 2.76. The number of piperidine rings is 1. The molecule has 1 amide bonds. The molecule has 1 heterocycles. The first-order valence-electron chi connectivity index (χ1n) is 10.2. The molecular formula is C21H34N4O3. The van der Waals surface area contributed by atoms with Crippen molar-refractivity contribution in [3.63, 3.8) is 0 Å². The molecule has 0 bridgehead atoms. The number of benzene rings is 1. The minimum absolute atomic E-state index is 0.0539. The number of rotatable bonds is 8. The Bertz CT molecular complexity index is 625. The normalized spacial score (nSPS) is 16.0. The molecule has 1 saturated heterocycles. The minimum atomic E-state index is -0.685. The van der Waals surface area contributed by atoms with Crippen molar-refractivity contribution in [2.45, 2.75) is 52.2 Å². The van der Waals surface area contributed by atoms with Gasteiger partial charge in [-0.2, -0.15) is 0 Å². The van der Waals surface area contributed by atoms with E-state index in [1.165, 1.54) is 6.42 Å². The summed E-state index contributed by atoms with van der Waals surface area (Å²) >= 11 is 0. The number of ether oxygens (including phenoxy) is 1. The van der Waals surface area contributed by atoms with Crippen molar-refractivity contribution in [2.75, 3.05) is 32.7 Å². The van der Waals surface area contributed by atoms with E-state index in [0.717, 1.165) is 37.2 Å². The van der Waals surface area contributed by atoms with Gasteiger partial charge in [0.1, 0.15) is 12.3 Å². The molecule has 0 saturated carbocycles. The Morgan fingerprint density at radius 1 is 1.18 bits per heavy atom. The second kappa shape index (κ2) is 11.5. The van der Waals surface area contributed by atoms with Crippen LogP contribution in [0.1, 0.15) is 51.7 Å². The van der Waals surface area contributed by atoms with E-state index in [0.29, 0.717) is 19.0 Å². The number of nitrogens with zero attached hydrogens (tertiary/aromatic N) is 2. The molecule has 1 fully saturated rings. The largest absolute Gasteiger partial charge is 0.491 e. The Labute approximate surface area is 168 Å². The monoisotopic (exact) mass is 390 g/mol. The summed E-state index contributed by atoms with van der Waals surface area (Å²) in [6.45, 7) is 8.67. The van der Waals surface area contributed by atoms with E-state index in [2.05, 4.69) is 15.6 Å². The van der Waals surface area contributed by atoms with E-state index in [1.807, 2.05) is 49.9 Å². The fourth-order valence-electron chi connectivity index (χ4n) is 3.08. The van der Waals surface area contributed by atoms with Crippen LogP contribution in [0.5, 0.6) is 5.75 Å². The van der Waals surface area contributed by atoms with Crippen molar-refractivity contribution in [1.82, 2.24) is 15.5 Å². The molecule has 1 aromatic carbocycles. The molecule has 1 aromatic rings. The summed E-state index contributed by atoms with van der Waals surface area (Å²) in [5.74, 6) is 1.37. The van der Waals surface area contributed by atoms with Gasteiger partial charge in [0, 0.05) is 26.2 Å². The van der Waals surface area contributed by atoms with E-state index in [-0.39, 0.29) is 18.6 Å². The van der Waals surface area contributed by atoms with Gasteiger partial charge in [0.15, 0.2) is 5.96 Å². The van der Waals surface area contributed by atoms with Gasteiger partial charge in [0.05, 0.1) is 12.2 Å². The summed E-state index contributed by atoms with van der Waals surface area (Å²) in [7, 11) is 0. The number of carbonyl (C=O) groups excluding carboxylic acids is 1. The zero-order valence-electron chi connectivity index (χ0n) is 17.3. The van der Waals surface area contributed by atoms with Gasteiger partial charge in [-0.1, -0.05) is 12.1 Å². The molecule has 0 aliphatic carbocycles. The molecule has 156 valence electrons. The van der Waals surface area contributed by atoms with E-state index >= 15 is 0 Å². The van der Waals surface area contributed by atoms with Gasteiger partial charge >= 0.3 is 0 Å². The molecule has 0 spiro atoms. The molecule has 2 rings (SSSR count). The highest BCUT2D eigenvalue weighted by molar-refractivity contribution is 5.85. The second-order valence-electron chi connectivity index (χ2n) is 7.27. The lowest BCUT2D eigenvalue weighted by Crippen LogP contribution is -2.41. The van der Waals surface area contributed by atoms with Gasteiger partial charge < -0.3 is 25.4 Å². The predicted molar refractivity (Wildman–Crippen MR) is 112 cm³/mol. The van der Waals surface area contributed by atoms with Crippen molar-refractivity contribution in [2.24, 2.45) is 4.99 Å². The average molecular weight is 391 g/mol. The van der Waals surface area contributed by atoms with Crippen LogP contribution in [-0.4, -0.2) is 60.7 Å². The third-order valence-corrected chi connectivity index (χ3v) is 4.52. The smallest absolute Gasteiger partial charge is 0.244 e. The average Bonchev–Trinajstić information content (AvgIpc) is 2.70. The molecule has 0 radical (unpaired) electrons. The highest BCUT2D eigenvalue weighted by Crippen LogP contribution is 2.18. The molecule has 1 aliphatic rings. The van der Waals surface area contributed by atoms with Gasteiger partial charge in [-0.05, 0) is 57.7 Å². The van der Waals surface area contributed by atoms with Crippen molar-refractivity contribution >= 4 is 11.9 Å². The molecule has 3 N–H and O–H groups in total. The third kappa shape index (κ3) is 7.38. The molecular weight excluding hydrogens is 356 g/mol. The van der Waals surface area contributed by atoms with Crippen molar-refractivity contribution < 1.29 is 14.6 Å². The van der Waals surface area contributed by atoms with Crippen LogP contribution in [-0.2, 0) is 4.79 Å². The highest BCUT2D eigenvalue weighted by atomic mass is 16.5. The van der Waals surface area contributed by atoms with E-state index in [4.69, 9.17) is 4.74 Å². The Morgan fingerprint density at radius 2 is 1.86 bits per heavy atom. The molecule has 7 nitrogen and oxygen atoms in total. The van der Waals surface area contributed by atoms with Crippen LogP contribution in [0, 0.1) is 0 Å². The van der Waals surface area contributed by atoms with Crippen LogP contribution in [0.3, 0.4) is 0 Å². The molecule has 0 aromatic heterocycles. The van der Waals surface area contributed by atoms with Gasteiger partial charge in [-0.25, -0.2) is 4.99 Å². The summed E-state index contributed by atoms with van der Waals surface area (Å²) in [5.41, 5.74) is 0.795. The zero-order valence-corrected chi connectivity index (χ0v) is 17.3.